The summed E-state index contributed by atoms with van der Waals surface area (Å²) in [5, 5.41) is 9.50. The van der Waals surface area contributed by atoms with Gasteiger partial charge in [0.15, 0.2) is 0 Å². The number of anilines is 1. The summed E-state index contributed by atoms with van der Waals surface area (Å²) in [6.45, 7) is 4.71. The fourth-order valence-corrected chi connectivity index (χ4v) is 3.57. The molecule has 2 aromatic carbocycles. The standard InChI is InChI=1S/C25H24N4O3/c1-2-31-21-11-9-20(10-12-21)24(30)28-14-16-29(17-15-28)25-22(18-26)27-23(32-25)13-8-19-6-4-3-5-7-19/h3-13H,2,14-17H2,1H3. The minimum atomic E-state index is -0.0164. The van der Waals surface area contributed by atoms with Gasteiger partial charge in [-0.3, -0.25) is 4.79 Å². The summed E-state index contributed by atoms with van der Waals surface area (Å²) in [7, 11) is 0. The lowest BCUT2D eigenvalue weighted by atomic mass is 10.1. The van der Waals surface area contributed by atoms with Crippen molar-refractivity contribution >= 4 is 23.9 Å². The predicted octanol–water partition coefficient (Wildman–Crippen LogP) is 4.08. The Bertz CT molecular complexity index is 1120. The van der Waals surface area contributed by atoms with Crippen molar-refractivity contribution in [3.8, 4) is 11.8 Å². The molecule has 1 saturated heterocycles. The molecule has 4 rings (SSSR count). The Labute approximate surface area is 187 Å². The molecule has 1 aliphatic rings. The number of nitrogens with zero attached hydrogens (tertiary/aromatic N) is 4. The number of aromatic nitrogens is 1. The molecule has 1 fully saturated rings. The molecular weight excluding hydrogens is 404 g/mol. The van der Waals surface area contributed by atoms with Crippen LogP contribution in [-0.2, 0) is 0 Å². The highest BCUT2D eigenvalue weighted by Crippen LogP contribution is 2.25. The third kappa shape index (κ3) is 4.81. The molecule has 0 aliphatic carbocycles. The van der Waals surface area contributed by atoms with Crippen LogP contribution >= 0.6 is 0 Å². The van der Waals surface area contributed by atoms with Crippen molar-refractivity contribution in [1.82, 2.24) is 9.88 Å². The van der Waals surface area contributed by atoms with E-state index in [0.717, 1.165) is 11.3 Å². The smallest absolute Gasteiger partial charge is 0.253 e. The normalized spacial score (nSPS) is 13.9. The number of rotatable bonds is 6. The highest BCUT2D eigenvalue weighted by atomic mass is 16.5. The molecule has 7 heteroatoms. The van der Waals surface area contributed by atoms with Gasteiger partial charge in [-0.2, -0.15) is 10.2 Å². The lowest BCUT2D eigenvalue weighted by molar-refractivity contribution is 0.0745. The summed E-state index contributed by atoms with van der Waals surface area (Å²) >= 11 is 0. The first-order valence-corrected chi connectivity index (χ1v) is 10.6. The molecular formula is C25H24N4O3. The van der Waals surface area contributed by atoms with Crippen LogP contribution in [0, 0.1) is 11.3 Å². The molecule has 1 aromatic heterocycles. The van der Waals surface area contributed by atoms with Crippen molar-refractivity contribution in [1.29, 1.82) is 5.26 Å². The molecule has 0 bridgehead atoms. The fourth-order valence-electron chi connectivity index (χ4n) is 3.57. The summed E-state index contributed by atoms with van der Waals surface area (Å²) in [6.07, 6.45) is 3.65. The van der Waals surface area contributed by atoms with Crippen LogP contribution in [-0.4, -0.2) is 48.6 Å². The van der Waals surface area contributed by atoms with E-state index < -0.39 is 0 Å². The summed E-state index contributed by atoms with van der Waals surface area (Å²) in [6, 6.07) is 19.1. The topological polar surface area (TPSA) is 82.6 Å². The van der Waals surface area contributed by atoms with E-state index in [1.54, 1.807) is 18.2 Å². The third-order valence-electron chi connectivity index (χ3n) is 5.22. The highest BCUT2D eigenvalue weighted by Gasteiger charge is 2.26. The Morgan fingerprint density at radius 2 is 1.81 bits per heavy atom. The summed E-state index contributed by atoms with van der Waals surface area (Å²) in [5.74, 6) is 1.57. The monoisotopic (exact) mass is 428 g/mol. The minimum Gasteiger partial charge on any atom is -0.494 e. The van der Waals surface area contributed by atoms with Gasteiger partial charge in [-0.25, -0.2) is 0 Å². The summed E-state index contributed by atoms with van der Waals surface area (Å²) in [5.41, 5.74) is 1.91. The van der Waals surface area contributed by atoms with Gasteiger partial charge >= 0.3 is 0 Å². The van der Waals surface area contributed by atoms with Crippen LogP contribution < -0.4 is 9.64 Å². The number of ether oxygens (including phenoxy) is 1. The molecule has 1 aliphatic heterocycles. The van der Waals surface area contributed by atoms with E-state index in [4.69, 9.17) is 9.15 Å². The first-order valence-electron chi connectivity index (χ1n) is 10.6. The summed E-state index contributed by atoms with van der Waals surface area (Å²) < 4.78 is 11.3. The molecule has 0 unspecified atom stereocenters. The van der Waals surface area contributed by atoms with E-state index in [1.807, 2.05) is 65.3 Å². The second-order valence-electron chi connectivity index (χ2n) is 7.30. The molecule has 7 nitrogen and oxygen atoms in total. The van der Waals surface area contributed by atoms with E-state index in [-0.39, 0.29) is 11.6 Å². The van der Waals surface area contributed by atoms with Gasteiger partial charge in [-0.15, -0.1) is 0 Å². The Kier molecular flexibility index (Phi) is 6.52. The van der Waals surface area contributed by atoms with Crippen LogP contribution in [0.1, 0.15) is 34.4 Å². The van der Waals surface area contributed by atoms with Crippen molar-refractivity contribution in [3.05, 3.63) is 77.3 Å². The maximum atomic E-state index is 12.8. The van der Waals surface area contributed by atoms with Crippen LogP contribution in [0.25, 0.3) is 12.2 Å². The number of oxazole rings is 1. The van der Waals surface area contributed by atoms with Gasteiger partial charge in [-0.1, -0.05) is 30.3 Å². The third-order valence-corrected chi connectivity index (χ3v) is 5.22. The molecule has 0 radical (unpaired) electrons. The predicted molar refractivity (Wildman–Crippen MR) is 122 cm³/mol. The number of piperazine rings is 1. The number of carbonyl (C=O) groups excluding carboxylic acids is 1. The van der Waals surface area contributed by atoms with E-state index in [1.165, 1.54) is 0 Å². The maximum absolute atomic E-state index is 12.8. The molecule has 0 N–H and O–H groups in total. The lowest BCUT2D eigenvalue weighted by Crippen LogP contribution is -2.48. The van der Waals surface area contributed by atoms with E-state index in [2.05, 4.69) is 11.1 Å². The van der Waals surface area contributed by atoms with Gasteiger partial charge in [0, 0.05) is 37.8 Å². The van der Waals surface area contributed by atoms with Crippen LogP contribution in [0.4, 0.5) is 5.88 Å². The minimum absolute atomic E-state index is 0.0164. The Hall–Kier alpha value is -4.05. The van der Waals surface area contributed by atoms with Crippen LogP contribution in [0.3, 0.4) is 0 Å². The Balaban J connectivity index is 1.40. The quantitative estimate of drug-likeness (QED) is 0.588. The van der Waals surface area contributed by atoms with Gasteiger partial charge in [0.2, 0.25) is 17.5 Å². The molecule has 2 heterocycles. The van der Waals surface area contributed by atoms with Crippen molar-refractivity contribution in [2.75, 3.05) is 37.7 Å². The van der Waals surface area contributed by atoms with E-state index in [9.17, 15) is 10.1 Å². The Morgan fingerprint density at radius 3 is 2.47 bits per heavy atom. The molecule has 1 amide bonds. The van der Waals surface area contributed by atoms with Gasteiger partial charge in [0.25, 0.3) is 5.91 Å². The largest absolute Gasteiger partial charge is 0.494 e. The molecule has 32 heavy (non-hydrogen) atoms. The van der Waals surface area contributed by atoms with E-state index >= 15 is 0 Å². The number of amides is 1. The SMILES string of the molecule is CCOc1ccc(C(=O)N2CCN(c3oc(C=Cc4ccccc4)nc3C#N)CC2)cc1. The van der Waals surface area contributed by atoms with Crippen LogP contribution in [0.2, 0.25) is 0 Å². The van der Waals surface area contributed by atoms with Gasteiger partial charge in [-0.05, 0) is 42.8 Å². The first-order chi connectivity index (χ1) is 15.7. The van der Waals surface area contributed by atoms with Gasteiger partial charge < -0.3 is 19.0 Å². The summed E-state index contributed by atoms with van der Waals surface area (Å²) in [4.78, 5) is 20.9. The van der Waals surface area contributed by atoms with Gasteiger partial charge in [0.05, 0.1) is 6.61 Å². The Morgan fingerprint density at radius 1 is 1.09 bits per heavy atom. The van der Waals surface area contributed by atoms with Crippen molar-refractivity contribution < 1.29 is 13.9 Å². The highest BCUT2D eigenvalue weighted by molar-refractivity contribution is 5.94. The average Bonchev–Trinajstić information content (AvgIpc) is 3.27. The molecule has 0 atom stereocenters. The zero-order chi connectivity index (χ0) is 22.3. The van der Waals surface area contributed by atoms with Gasteiger partial charge in [0.1, 0.15) is 11.8 Å². The molecule has 3 aromatic rings. The van der Waals surface area contributed by atoms with E-state index in [0.29, 0.717) is 50.1 Å². The second kappa shape index (κ2) is 9.84. The maximum Gasteiger partial charge on any atom is 0.253 e. The zero-order valence-electron chi connectivity index (χ0n) is 17.9. The second-order valence-corrected chi connectivity index (χ2v) is 7.30. The molecule has 0 saturated carbocycles. The number of nitriles is 1. The number of carbonyl (C=O) groups is 1. The first kappa shape index (κ1) is 21.2. The number of hydrogen-bond donors (Lipinski definition) is 0. The van der Waals surface area contributed by atoms with Crippen molar-refractivity contribution in [3.63, 3.8) is 0 Å². The molecule has 162 valence electrons. The average molecular weight is 428 g/mol. The number of benzene rings is 2. The van der Waals surface area contributed by atoms with Crippen LogP contribution in [0.5, 0.6) is 5.75 Å². The zero-order valence-corrected chi connectivity index (χ0v) is 17.9. The van der Waals surface area contributed by atoms with Crippen molar-refractivity contribution in [2.24, 2.45) is 0 Å². The fraction of sp³-hybridized carbons (Fsp3) is 0.240. The van der Waals surface area contributed by atoms with Crippen LogP contribution in [0.15, 0.2) is 59.0 Å². The van der Waals surface area contributed by atoms with Crippen molar-refractivity contribution in [2.45, 2.75) is 6.92 Å². The number of hydrogen-bond acceptors (Lipinski definition) is 6. The molecule has 0 spiro atoms. The lowest BCUT2D eigenvalue weighted by Gasteiger charge is -2.34.